The topological polar surface area (TPSA) is 106 Å². The number of rotatable bonds is 2. The van der Waals surface area contributed by atoms with E-state index >= 15 is 0 Å². The van der Waals surface area contributed by atoms with Crippen LogP contribution in [0, 0.1) is 10.1 Å². The van der Waals surface area contributed by atoms with Crippen molar-refractivity contribution in [3.63, 3.8) is 0 Å². The summed E-state index contributed by atoms with van der Waals surface area (Å²) in [4.78, 5) is 23.8. The monoisotopic (exact) mass is 208 g/mol. The lowest BCUT2D eigenvalue weighted by Crippen LogP contribution is -1.95. The van der Waals surface area contributed by atoms with Crippen LogP contribution in [0.4, 0.5) is 6.01 Å². The maximum atomic E-state index is 10.7. The Balaban J connectivity index is 2.75. The molecule has 0 aliphatic rings. The summed E-state index contributed by atoms with van der Waals surface area (Å²) >= 11 is 0. The first-order valence-corrected chi connectivity index (χ1v) is 3.87. The van der Waals surface area contributed by atoms with Crippen molar-refractivity contribution in [2.75, 3.05) is 0 Å². The van der Waals surface area contributed by atoms with Crippen LogP contribution >= 0.6 is 0 Å². The van der Waals surface area contributed by atoms with Gasteiger partial charge in [-0.2, -0.15) is 0 Å². The molecule has 0 fully saturated rings. The maximum Gasteiger partial charge on any atom is 0.546 e. The number of fused-ring (bicyclic) bond motifs is 1. The molecule has 0 unspecified atom stereocenters. The van der Waals surface area contributed by atoms with Crippen molar-refractivity contribution < 1.29 is 19.2 Å². The smallest absolute Gasteiger partial charge is 0.478 e. The van der Waals surface area contributed by atoms with Crippen molar-refractivity contribution in [1.29, 1.82) is 0 Å². The van der Waals surface area contributed by atoms with Crippen LogP contribution in [0.3, 0.4) is 0 Å². The normalized spacial score (nSPS) is 10.4. The predicted octanol–water partition coefficient (Wildman–Crippen LogP) is 1.43. The van der Waals surface area contributed by atoms with Gasteiger partial charge in [0.05, 0.1) is 0 Å². The number of carbonyl (C=O) groups is 1. The molecule has 1 aromatic heterocycles. The zero-order valence-corrected chi connectivity index (χ0v) is 7.21. The molecule has 15 heavy (non-hydrogen) atoms. The molecule has 1 heterocycles. The van der Waals surface area contributed by atoms with Crippen molar-refractivity contribution in [3.05, 3.63) is 33.9 Å². The SMILES string of the molecule is O=C(O)c1cccc2nc([N+](=O)[O-])oc12. The average Bonchev–Trinajstić information content (AvgIpc) is 2.60. The van der Waals surface area contributed by atoms with Crippen LogP contribution in [0.15, 0.2) is 22.6 Å². The molecule has 0 atom stereocenters. The first-order chi connectivity index (χ1) is 7.09. The minimum Gasteiger partial charge on any atom is -0.478 e. The molecule has 0 aliphatic carbocycles. The number of benzene rings is 1. The van der Waals surface area contributed by atoms with Crippen LogP contribution in [0.2, 0.25) is 0 Å². The summed E-state index contributed by atoms with van der Waals surface area (Å²) in [6.07, 6.45) is 0. The molecule has 1 aromatic carbocycles. The Morgan fingerprint density at radius 2 is 2.27 bits per heavy atom. The van der Waals surface area contributed by atoms with Gasteiger partial charge in [-0.3, -0.25) is 0 Å². The quantitative estimate of drug-likeness (QED) is 0.590. The fourth-order valence-electron chi connectivity index (χ4n) is 1.18. The fourth-order valence-corrected chi connectivity index (χ4v) is 1.18. The lowest BCUT2D eigenvalue weighted by atomic mass is 10.2. The number of hydrogen-bond donors (Lipinski definition) is 1. The van der Waals surface area contributed by atoms with Crippen LogP contribution in [-0.2, 0) is 0 Å². The third-order valence-electron chi connectivity index (χ3n) is 1.79. The average molecular weight is 208 g/mol. The Labute approximate surface area is 82.1 Å². The van der Waals surface area contributed by atoms with Crippen LogP contribution in [0.25, 0.3) is 11.1 Å². The van der Waals surface area contributed by atoms with Gasteiger partial charge in [0.25, 0.3) is 0 Å². The molecule has 0 radical (unpaired) electrons. The van der Waals surface area contributed by atoms with Crippen LogP contribution in [0.1, 0.15) is 10.4 Å². The minimum atomic E-state index is -1.22. The van der Waals surface area contributed by atoms with Crippen LogP contribution < -0.4 is 0 Å². The van der Waals surface area contributed by atoms with E-state index in [4.69, 9.17) is 9.52 Å². The molecule has 7 heteroatoms. The van der Waals surface area contributed by atoms with Gasteiger partial charge in [-0.1, -0.05) is 6.07 Å². The Morgan fingerprint density at radius 1 is 1.53 bits per heavy atom. The van der Waals surface area contributed by atoms with Gasteiger partial charge in [0.2, 0.25) is 11.1 Å². The number of nitrogens with zero attached hydrogens (tertiary/aromatic N) is 2. The van der Waals surface area contributed by atoms with Gasteiger partial charge in [0, 0.05) is 9.91 Å². The first kappa shape index (κ1) is 9.13. The van der Waals surface area contributed by atoms with E-state index in [0.29, 0.717) is 0 Å². The molecule has 0 bridgehead atoms. The maximum absolute atomic E-state index is 10.7. The van der Waals surface area contributed by atoms with Gasteiger partial charge < -0.3 is 19.6 Å². The third-order valence-corrected chi connectivity index (χ3v) is 1.79. The second kappa shape index (κ2) is 3.05. The molecule has 0 saturated heterocycles. The van der Waals surface area contributed by atoms with Gasteiger partial charge >= 0.3 is 12.0 Å². The van der Waals surface area contributed by atoms with Gasteiger partial charge in [-0.05, 0) is 12.1 Å². The molecule has 76 valence electrons. The predicted molar refractivity (Wildman–Crippen MR) is 47.6 cm³/mol. The highest BCUT2D eigenvalue weighted by Crippen LogP contribution is 2.23. The minimum absolute atomic E-state index is 0.0864. The summed E-state index contributed by atoms with van der Waals surface area (Å²) in [6.45, 7) is 0. The van der Waals surface area contributed by atoms with Crippen LogP contribution in [-0.4, -0.2) is 21.0 Å². The summed E-state index contributed by atoms with van der Waals surface area (Å²) < 4.78 is 4.73. The lowest BCUT2D eigenvalue weighted by Gasteiger charge is -1.90. The molecular weight excluding hydrogens is 204 g/mol. The largest absolute Gasteiger partial charge is 0.546 e. The standard InChI is InChI=1S/C8H4N2O5/c11-7(12)4-2-1-3-5-6(4)15-8(9-5)10(13)14/h1-3H,(H,11,12). The van der Waals surface area contributed by atoms with E-state index in [1.165, 1.54) is 18.2 Å². The molecule has 0 spiro atoms. The van der Waals surface area contributed by atoms with Crippen molar-refractivity contribution in [1.82, 2.24) is 4.98 Å². The highest BCUT2D eigenvalue weighted by atomic mass is 16.7. The van der Waals surface area contributed by atoms with E-state index in [2.05, 4.69) is 4.98 Å². The third kappa shape index (κ3) is 1.39. The molecule has 1 N–H and O–H groups in total. The van der Waals surface area contributed by atoms with Crippen molar-refractivity contribution in [3.8, 4) is 0 Å². The first-order valence-electron chi connectivity index (χ1n) is 3.87. The van der Waals surface area contributed by atoms with E-state index < -0.39 is 16.9 Å². The summed E-state index contributed by atoms with van der Waals surface area (Å²) in [5.41, 5.74) is -0.0774. The van der Waals surface area contributed by atoms with Crippen molar-refractivity contribution >= 4 is 23.1 Å². The molecule has 7 nitrogen and oxygen atoms in total. The molecule has 2 aromatic rings. The van der Waals surface area contributed by atoms with Gasteiger partial charge in [-0.25, -0.2) is 4.79 Å². The molecule has 2 rings (SSSR count). The van der Waals surface area contributed by atoms with Gasteiger partial charge in [0.15, 0.2) is 0 Å². The summed E-state index contributed by atoms with van der Waals surface area (Å²) in [7, 11) is 0. The molecular formula is C8H4N2O5. The van der Waals surface area contributed by atoms with Crippen LogP contribution in [0.5, 0.6) is 0 Å². The van der Waals surface area contributed by atoms with E-state index in [0.717, 1.165) is 0 Å². The zero-order valence-electron chi connectivity index (χ0n) is 7.21. The fraction of sp³-hybridized carbons (Fsp3) is 0. The van der Waals surface area contributed by atoms with Crippen molar-refractivity contribution in [2.24, 2.45) is 0 Å². The number of carboxylic acids is 1. The highest BCUT2D eigenvalue weighted by Gasteiger charge is 2.22. The number of aromatic nitrogens is 1. The summed E-state index contributed by atoms with van der Waals surface area (Å²) in [6, 6.07) is 3.47. The lowest BCUT2D eigenvalue weighted by molar-refractivity contribution is -0.406. The van der Waals surface area contributed by atoms with E-state index in [1.54, 1.807) is 0 Å². The van der Waals surface area contributed by atoms with Gasteiger partial charge in [0.1, 0.15) is 5.56 Å². The molecule has 0 saturated carbocycles. The number of para-hydroxylation sites is 1. The van der Waals surface area contributed by atoms with Crippen molar-refractivity contribution in [2.45, 2.75) is 0 Å². The number of oxazole rings is 1. The Bertz CT molecular complexity index is 559. The highest BCUT2D eigenvalue weighted by molar-refractivity contribution is 6.00. The second-order valence-electron chi connectivity index (χ2n) is 2.71. The van der Waals surface area contributed by atoms with Gasteiger partial charge in [-0.15, -0.1) is 0 Å². The molecule has 0 aliphatic heterocycles. The number of aromatic carboxylic acids is 1. The summed E-state index contributed by atoms with van der Waals surface area (Å²) in [5.74, 6) is -1.22. The van der Waals surface area contributed by atoms with E-state index in [-0.39, 0.29) is 16.7 Å². The van der Waals surface area contributed by atoms with E-state index in [9.17, 15) is 14.9 Å². The Morgan fingerprint density at radius 3 is 2.87 bits per heavy atom. The van der Waals surface area contributed by atoms with E-state index in [1.807, 2.05) is 0 Å². The number of nitro groups is 1. The second-order valence-corrected chi connectivity index (χ2v) is 2.71. The number of hydrogen-bond acceptors (Lipinski definition) is 5. The summed E-state index contributed by atoms with van der Waals surface area (Å²) in [5, 5.41) is 19.1. The Hall–Kier alpha value is -2.44. The number of carboxylic acid groups (broad SMARTS) is 1. The zero-order chi connectivity index (χ0) is 11.0. The Kier molecular flexibility index (Phi) is 1.86. The molecule has 0 amide bonds.